The smallest absolute Gasteiger partial charge is 0.149 e. The van der Waals surface area contributed by atoms with Crippen molar-refractivity contribution in [1.82, 2.24) is 14.5 Å². The van der Waals surface area contributed by atoms with E-state index < -0.39 is 6.85 Å². The number of aryl methyl sites for hydroxylation is 1. The maximum absolute atomic E-state index is 12.4. The molecule has 0 aliphatic rings. The number of rotatable bonds is 9. The Morgan fingerprint density at radius 2 is 1.21 bits per heavy atom. The molecule has 1 N–H and O–H groups in total. The summed E-state index contributed by atoms with van der Waals surface area (Å²) < 4.78 is 28.6. The van der Waals surface area contributed by atoms with Crippen LogP contribution in [-0.2, 0) is 5.41 Å². The molecule has 2 aromatic heterocycles. The number of hydrogen-bond donors (Lipinski definition) is 1. The van der Waals surface area contributed by atoms with Gasteiger partial charge in [0.05, 0.1) is 28.0 Å². The number of imidazole rings is 1. The van der Waals surface area contributed by atoms with E-state index in [4.69, 9.17) is 14.1 Å². The highest BCUT2D eigenvalue weighted by molar-refractivity contribution is 5.98. The van der Waals surface area contributed by atoms with Crippen LogP contribution < -0.4 is 0 Å². The topological polar surface area (TPSA) is 50.9 Å². The molecule has 4 nitrogen and oxygen atoms in total. The molecule has 312 valence electrons. The van der Waals surface area contributed by atoms with Crippen molar-refractivity contribution in [1.29, 1.82) is 0 Å². The first-order valence-electron chi connectivity index (χ1n) is 23.4. The van der Waals surface area contributed by atoms with Crippen molar-refractivity contribution in [2.24, 2.45) is 0 Å². The Bertz CT molecular complexity index is 3220. The molecule has 9 rings (SSSR count). The number of benzene rings is 7. The van der Waals surface area contributed by atoms with Gasteiger partial charge in [0.15, 0.2) is 0 Å². The number of phenolic OH excluding ortho intramolecular Hbond substituents is 1. The number of aromatic hydroxyl groups is 1. The fraction of sp³-hybridized carbons (Fsp3) is 0.186. The molecule has 0 bridgehead atoms. The van der Waals surface area contributed by atoms with E-state index in [0.29, 0.717) is 17.0 Å². The van der Waals surface area contributed by atoms with Crippen molar-refractivity contribution < 1.29 is 9.22 Å². The molecule has 9 aromatic rings. The standard InChI is InChI=1S/C59H55N3O/c1-37(2)44-33-49(38(3)4)57(63)52(34-44)58-61-56-48(45-30-46(32-47(31-45)59(6,7)8)53-35-43(27-28-60-53)40-19-12-9-13-20-40)25-18-26-54(56)62(58)55-36-50(41-21-14-10-15-22-41)39(5)29-51(55)42-23-16-11-17-24-42/h9-38,63H,1-8H3/i5D3. The van der Waals surface area contributed by atoms with Crippen molar-refractivity contribution in [2.75, 3.05) is 0 Å². The second-order valence-electron chi connectivity index (χ2n) is 18.3. The minimum atomic E-state index is -2.42. The molecule has 0 saturated carbocycles. The lowest BCUT2D eigenvalue weighted by Gasteiger charge is -2.22. The summed E-state index contributed by atoms with van der Waals surface area (Å²) in [6.45, 7) is 12.8. The van der Waals surface area contributed by atoms with Crippen molar-refractivity contribution in [2.45, 2.75) is 72.6 Å². The lowest BCUT2D eigenvalue weighted by atomic mass is 9.83. The van der Waals surface area contributed by atoms with Gasteiger partial charge in [-0.2, -0.15) is 0 Å². The van der Waals surface area contributed by atoms with Gasteiger partial charge >= 0.3 is 0 Å². The Labute approximate surface area is 376 Å². The van der Waals surface area contributed by atoms with Crippen LogP contribution in [0.5, 0.6) is 5.75 Å². The van der Waals surface area contributed by atoms with Gasteiger partial charge in [-0.3, -0.25) is 9.55 Å². The van der Waals surface area contributed by atoms with E-state index in [2.05, 4.69) is 132 Å². The van der Waals surface area contributed by atoms with Crippen LogP contribution in [0.1, 0.15) is 86.7 Å². The highest BCUT2D eigenvalue weighted by atomic mass is 16.3. The number of pyridine rings is 1. The quantitative estimate of drug-likeness (QED) is 0.158. The monoisotopic (exact) mass is 824 g/mol. The number of nitrogens with zero attached hydrogens (tertiary/aromatic N) is 3. The van der Waals surface area contributed by atoms with Crippen LogP contribution in [0.25, 0.3) is 83.9 Å². The van der Waals surface area contributed by atoms with Crippen LogP contribution in [0, 0.1) is 6.85 Å². The van der Waals surface area contributed by atoms with Gasteiger partial charge in [-0.25, -0.2) is 4.98 Å². The number of aromatic nitrogens is 3. The molecule has 63 heavy (non-hydrogen) atoms. The maximum atomic E-state index is 12.4. The number of para-hydroxylation sites is 1. The molecule has 0 aliphatic heterocycles. The fourth-order valence-corrected chi connectivity index (χ4v) is 8.62. The third-order valence-corrected chi connectivity index (χ3v) is 12.2. The molecule has 4 heteroatoms. The minimum Gasteiger partial charge on any atom is -0.507 e. The highest BCUT2D eigenvalue weighted by Crippen LogP contribution is 2.45. The molecular formula is C59H55N3O. The summed E-state index contributed by atoms with van der Waals surface area (Å²) in [5, 5.41) is 12.4. The number of fused-ring (bicyclic) bond motifs is 1. The van der Waals surface area contributed by atoms with Gasteiger partial charge in [0, 0.05) is 27.0 Å². The van der Waals surface area contributed by atoms with E-state index in [1.54, 1.807) is 0 Å². The Morgan fingerprint density at radius 1 is 0.556 bits per heavy atom. The zero-order valence-corrected chi connectivity index (χ0v) is 37.1. The van der Waals surface area contributed by atoms with E-state index in [9.17, 15) is 5.11 Å². The van der Waals surface area contributed by atoms with E-state index in [1.807, 2.05) is 91.1 Å². The van der Waals surface area contributed by atoms with Gasteiger partial charge in [-0.15, -0.1) is 0 Å². The highest BCUT2D eigenvalue weighted by Gasteiger charge is 2.26. The van der Waals surface area contributed by atoms with Crippen LogP contribution >= 0.6 is 0 Å². The van der Waals surface area contributed by atoms with Gasteiger partial charge < -0.3 is 5.11 Å². The SMILES string of the molecule is [2H]C([2H])([2H])c1cc(-c2ccccc2)c(-n2c(-c3cc(C(C)C)cc(C(C)C)c3O)nc3c(-c4cc(-c5cc(-c6ccccc6)ccn5)cc(C(C)(C)C)c4)cccc32)cc1-c1ccccc1. The fourth-order valence-electron chi connectivity index (χ4n) is 8.62. The molecule has 0 spiro atoms. The predicted molar refractivity (Wildman–Crippen MR) is 265 cm³/mol. The molecule has 0 fully saturated rings. The zero-order chi connectivity index (χ0) is 46.5. The molecule has 0 saturated heterocycles. The normalized spacial score (nSPS) is 12.7. The summed E-state index contributed by atoms with van der Waals surface area (Å²) in [6, 6.07) is 55.3. The van der Waals surface area contributed by atoms with E-state index in [0.717, 1.165) is 83.6 Å². The first-order chi connectivity index (χ1) is 31.6. The Morgan fingerprint density at radius 3 is 1.84 bits per heavy atom. The minimum absolute atomic E-state index is 0.0338. The number of hydrogen-bond acceptors (Lipinski definition) is 3. The summed E-state index contributed by atoms with van der Waals surface area (Å²) in [4.78, 5) is 10.5. The van der Waals surface area contributed by atoms with Crippen LogP contribution in [0.4, 0.5) is 0 Å². The molecule has 0 unspecified atom stereocenters. The third-order valence-electron chi connectivity index (χ3n) is 12.2. The Balaban J connectivity index is 1.40. The summed E-state index contributed by atoms with van der Waals surface area (Å²) in [5.74, 6) is 0.941. The van der Waals surface area contributed by atoms with Crippen LogP contribution in [-0.4, -0.2) is 19.6 Å². The van der Waals surface area contributed by atoms with Gasteiger partial charge in [0.25, 0.3) is 0 Å². The Kier molecular flexibility index (Phi) is 9.98. The lowest BCUT2D eigenvalue weighted by molar-refractivity contribution is 0.466. The second-order valence-corrected chi connectivity index (χ2v) is 18.3. The summed E-state index contributed by atoms with van der Waals surface area (Å²) in [5.41, 5.74) is 15.0. The van der Waals surface area contributed by atoms with Gasteiger partial charge in [-0.1, -0.05) is 164 Å². The largest absolute Gasteiger partial charge is 0.507 e. The summed E-state index contributed by atoms with van der Waals surface area (Å²) in [7, 11) is 0. The first-order valence-corrected chi connectivity index (χ1v) is 21.9. The van der Waals surface area contributed by atoms with Crippen molar-refractivity contribution in [3.63, 3.8) is 0 Å². The molecule has 0 atom stereocenters. The van der Waals surface area contributed by atoms with Crippen molar-refractivity contribution in [3.05, 3.63) is 192 Å². The summed E-state index contributed by atoms with van der Waals surface area (Å²) >= 11 is 0. The first kappa shape index (κ1) is 37.7. The average molecular weight is 825 g/mol. The van der Waals surface area contributed by atoms with E-state index in [-0.39, 0.29) is 28.6 Å². The predicted octanol–water partition coefficient (Wildman–Crippen LogP) is 16.0. The number of phenols is 1. The van der Waals surface area contributed by atoms with Crippen LogP contribution in [0.15, 0.2) is 170 Å². The van der Waals surface area contributed by atoms with Crippen LogP contribution in [0.3, 0.4) is 0 Å². The maximum Gasteiger partial charge on any atom is 0.149 e. The lowest BCUT2D eigenvalue weighted by Crippen LogP contribution is -2.11. The van der Waals surface area contributed by atoms with E-state index >= 15 is 0 Å². The van der Waals surface area contributed by atoms with E-state index in [1.165, 1.54) is 0 Å². The molecule has 0 radical (unpaired) electrons. The molecule has 2 heterocycles. The Hall–Kier alpha value is -7.04. The third kappa shape index (κ3) is 7.98. The molecule has 7 aromatic carbocycles. The molecule has 0 amide bonds. The van der Waals surface area contributed by atoms with Crippen molar-refractivity contribution in [3.8, 4) is 78.6 Å². The summed E-state index contributed by atoms with van der Waals surface area (Å²) in [6.07, 6.45) is 1.88. The van der Waals surface area contributed by atoms with Gasteiger partial charge in [0.1, 0.15) is 11.6 Å². The second kappa shape index (κ2) is 16.7. The zero-order valence-electron chi connectivity index (χ0n) is 40.1. The van der Waals surface area contributed by atoms with Crippen LogP contribution in [0.2, 0.25) is 0 Å². The average Bonchev–Trinajstić information content (AvgIpc) is 3.70. The van der Waals surface area contributed by atoms with Gasteiger partial charge in [-0.05, 0) is 128 Å². The van der Waals surface area contributed by atoms with Gasteiger partial charge in [0.2, 0.25) is 0 Å². The van der Waals surface area contributed by atoms with Crippen molar-refractivity contribution >= 4 is 11.0 Å². The molecule has 0 aliphatic carbocycles. The molecular weight excluding hydrogens is 767 g/mol.